The Kier molecular flexibility index (Phi) is 5.97. The molecule has 0 spiro atoms. The molecule has 0 amide bonds. The molecule has 0 aliphatic carbocycles. The van der Waals surface area contributed by atoms with E-state index in [9.17, 15) is 18.0 Å². The van der Waals surface area contributed by atoms with Crippen LogP contribution in [0.25, 0.3) is 0 Å². The highest BCUT2D eigenvalue weighted by Crippen LogP contribution is 2.28. The zero-order valence-electron chi connectivity index (χ0n) is 10.7. The summed E-state index contributed by atoms with van der Waals surface area (Å²) in [5.41, 5.74) is -0.394. The molecule has 0 aliphatic heterocycles. The second kappa shape index (κ2) is 7.08. The van der Waals surface area contributed by atoms with Crippen molar-refractivity contribution in [2.75, 3.05) is 13.7 Å². The van der Waals surface area contributed by atoms with Gasteiger partial charge in [0.15, 0.2) is 0 Å². The highest BCUT2D eigenvalue weighted by atomic mass is 35.5. The van der Waals surface area contributed by atoms with E-state index in [0.29, 0.717) is 0 Å². The minimum Gasteiger partial charge on any atom is -0.478 e. The Bertz CT molecular complexity index is 674. The van der Waals surface area contributed by atoms with E-state index in [4.69, 9.17) is 28.3 Å². The minimum atomic E-state index is -4.08. The molecule has 0 aliphatic rings. The Morgan fingerprint density at radius 3 is 2.43 bits per heavy atom. The number of nitrogens with one attached hydrogen (secondary N) is 1. The summed E-state index contributed by atoms with van der Waals surface area (Å²) in [6.45, 7) is -0.212. The molecule has 0 radical (unpaired) electrons. The molecule has 0 atom stereocenters. The first kappa shape index (κ1) is 17.7. The molecule has 0 unspecified atom stereocenters. The molecular weight excluding hydrogens is 345 g/mol. The lowest BCUT2D eigenvalue weighted by Crippen LogP contribution is -2.27. The number of rotatable bonds is 6. The fraction of sp³-hybridized carbons (Fsp3) is 0.273. The smallest absolute Gasteiger partial charge is 0.337 e. The predicted octanol–water partition coefficient (Wildman–Crippen LogP) is 1.53. The standard InChI is InChI=1S/C11H11Cl2NO6S/c1-20-10(15)2-3-14-21(18,19)9-4-6(11(16)17)7(12)5-8(9)13/h4-5,14H,2-3H2,1H3,(H,16,17). The summed E-state index contributed by atoms with van der Waals surface area (Å²) in [6.07, 6.45) is -0.174. The highest BCUT2D eigenvalue weighted by molar-refractivity contribution is 7.89. The molecule has 0 aromatic heterocycles. The number of esters is 1. The third kappa shape index (κ3) is 4.57. The Labute approximate surface area is 130 Å². The molecule has 116 valence electrons. The van der Waals surface area contributed by atoms with Gasteiger partial charge in [-0.15, -0.1) is 0 Å². The monoisotopic (exact) mass is 355 g/mol. The van der Waals surface area contributed by atoms with Crippen molar-refractivity contribution in [3.8, 4) is 0 Å². The Hall–Kier alpha value is -1.35. The van der Waals surface area contributed by atoms with Gasteiger partial charge in [-0.25, -0.2) is 17.9 Å². The van der Waals surface area contributed by atoms with Gasteiger partial charge in [0.05, 0.1) is 29.1 Å². The average molecular weight is 356 g/mol. The number of hydrogen-bond acceptors (Lipinski definition) is 5. The van der Waals surface area contributed by atoms with Gasteiger partial charge in [-0.1, -0.05) is 23.2 Å². The molecule has 0 saturated heterocycles. The fourth-order valence-corrected chi connectivity index (χ4v) is 3.25. The molecule has 2 N–H and O–H groups in total. The summed E-state index contributed by atoms with van der Waals surface area (Å²) >= 11 is 11.4. The lowest BCUT2D eigenvalue weighted by atomic mass is 10.2. The first-order valence-electron chi connectivity index (χ1n) is 5.48. The molecule has 21 heavy (non-hydrogen) atoms. The van der Waals surface area contributed by atoms with Crippen LogP contribution in [-0.2, 0) is 19.6 Å². The molecule has 0 bridgehead atoms. The minimum absolute atomic E-state index is 0.174. The van der Waals surface area contributed by atoms with E-state index in [1.54, 1.807) is 0 Å². The third-order valence-electron chi connectivity index (χ3n) is 2.39. The van der Waals surface area contributed by atoms with E-state index < -0.39 is 32.4 Å². The van der Waals surface area contributed by atoms with Crippen LogP contribution >= 0.6 is 23.2 Å². The second-order valence-electron chi connectivity index (χ2n) is 3.79. The van der Waals surface area contributed by atoms with Gasteiger partial charge in [0.25, 0.3) is 0 Å². The van der Waals surface area contributed by atoms with Gasteiger partial charge in [-0.2, -0.15) is 0 Å². The number of carboxylic acids is 1. The van der Waals surface area contributed by atoms with Crippen LogP contribution in [0.5, 0.6) is 0 Å². The number of hydrogen-bond donors (Lipinski definition) is 2. The van der Waals surface area contributed by atoms with Crippen LogP contribution in [0.3, 0.4) is 0 Å². The highest BCUT2D eigenvalue weighted by Gasteiger charge is 2.22. The quantitative estimate of drug-likeness (QED) is 0.748. The number of carbonyl (C=O) groups is 2. The summed E-state index contributed by atoms with van der Waals surface area (Å²) in [5, 5.41) is 8.52. The molecule has 0 fully saturated rings. The summed E-state index contributed by atoms with van der Waals surface area (Å²) in [5.74, 6) is -1.98. The normalized spacial score (nSPS) is 11.2. The van der Waals surface area contributed by atoms with Gasteiger partial charge in [0.1, 0.15) is 4.90 Å². The van der Waals surface area contributed by atoms with Gasteiger partial charge >= 0.3 is 11.9 Å². The fourth-order valence-electron chi connectivity index (χ4n) is 1.37. The lowest BCUT2D eigenvalue weighted by molar-refractivity contribution is -0.140. The maximum absolute atomic E-state index is 12.0. The number of sulfonamides is 1. The van der Waals surface area contributed by atoms with E-state index in [-0.39, 0.29) is 23.0 Å². The SMILES string of the molecule is COC(=O)CCNS(=O)(=O)c1cc(C(=O)O)c(Cl)cc1Cl. The number of carbonyl (C=O) groups excluding carboxylic acids is 1. The molecule has 1 aromatic carbocycles. The van der Waals surface area contributed by atoms with Crippen LogP contribution in [0.1, 0.15) is 16.8 Å². The summed E-state index contributed by atoms with van der Waals surface area (Å²) in [6, 6.07) is 1.88. The van der Waals surface area contributed by atoms with Gasteiger partial charge in [-0.05, 0) is 12.1 Å². The van der Waals surface area contributed by atoms with Crippen molar-refractivity contribution in [2.24, 2.45) is 0 Å². The molecule has 7 nitrogen and oxygen atoms in total. The Balaban J connectivity index is 3.05. The maximum Gasteiger partial charge on any atom is 0.337 e. The van der Waals surface area contributed by atoms with Gasteiger partial charge in [-0.3, -0.25) is 4.79 Å². The Morgan fingerprint density at radius 2 is 1.90 bits per heavy atom. The van der Waals surface area contributed by atoms with E-state index in [2.05, 4.69) is 9.46 Å². The van der Waals surface area contributed by atoms with Crippen molar-refractivity contribution in [1.29, 1.82) is 0 Å². The van der Waals surface area contributed by atoms with Crippen molar-refractivity contribution in [3.63, 3.8) is 0 Å². The second-order valence-corrected chi connectivity index (χ2v) is 6.34. The zero-order chi connectivity index (χ0) is 16.2. The molecule has 1 rings (SSSR count). The number of ether oxygens (including phenoxy) is 1. The van der Waals surface area contributed by atoms with Gasteiger partial charge in [0.2, 0.25) is 10.0 Å². The van der Waals surface area contributed by atoms with E-state index in [1.165, 1.54) is 7.11 Å². The molecule has 0 heterocycles. The van der Waals surface area contributed by atoms with E-state index >= 15 is 0 Å². The first-order chi connectivity index (χ1) is 9.69. The van der Waals surface area contributed by atoms with Crippen LogP contribution in [0.4, 0.5) is 0 Å². The van der Waals surface area contributed by atoms with E-state index in [0.717, 1.165) is 12.1 Å². The topological polar surface area (TPSA) is 110 Å². The third-order valence-corrected chi connectivity index (χ3v) is 4.63. The summed E-state index contributed by atoms with van der Waals surface area (Å²) in [4.78, 5) is 21.4. The molecule has 10 heteroatoms. The lowest BCUT2D eigenvalue weighted by Gasteiger charge is -2.09. The van der Waals surface area contributed by atoms with Gasteiger partial charge < -0.3 is 9.84 Å². The summed E-state index contributed by atoms with van der Waals surface area (Å²) in [7, 11) is -2.91. The largest absolute Gasteiger partial charge is 0.478 e. The maximum atomic E-state index is 12.0. The van der Waals surface area contributed by atoms with Crippen molar-refractivity contribution in [2.45, 2.75) is 11.3 Å². The number of halogens is 2. The number of benzene rings is 1. The number of aromatic carboxylic acids is 1. The van der Waals surface area contributed by atoms with E-state index in [1.807, 2.05) is 0 Å². The van der Waals surface area contributed by atoms with Crippen molar-refractivity contribution < 1.29 is 27.9 Å². The van der Waals surface area contributed by atoms with Crippen molar-refractivity contribution in [1.82, 2.24) is 4.72 Å². The van der Waals surface area contributed by atoms with Crippen molar-refractivity contribution >= 4 is 45.2 Å². The summed E-state index contributed by atoms with van der Waals surface area (Å²) < 4.78 is 30.5. The molecule has 0 saturated carbocycles. The first-order valence-corrected chi connectivity index (χ1v) is 7.71. The zero-order valence-corrected chi connectivity index (χ0v) is 13.0. The molecular formula is C11H11Cl2NO6S. The van der Waals surface area contributed by atoms with Crippen LogP contribution in [-0.4, -0.2) is 39.1 Å². The number of carboxylic acid groups (broad SMARTS) is 1. The van der Waals surface area contributed by atoms with Crippen LogP contribution < -0.4 is 4.72 Å². The average Bonchev–Trinajstić information content (AvgIpc) is 2.37. The van der Waals surface area contributed by atoms with Crippen LogP contribution in [0.2, 0.25) is 10.0 Å². The Morgan fingerprint density at radius 1 is 1.29 bits per heavy atom. The van der Waals surface area contributed by atoms with Crippen LogP contribution in [0.15, 0.2) is 17.0 Å². The van der Waals surface area contributed by atoms with Crippen LogP contribution in [0, 0.1) is 0 Å². The van der Waals surface area contributed by atoms with Crippen molar-refractivity contribution in [3.05, 3.63) is 27.7 Å². The number of methoxy groups -OCH3 is 1. The molecule has 1 aromatic rings. The van der Waals surface area contributed by atoms with Gasteiger partial charge in [0, 0.05) is 6.54 Å². The predicted molar refractivity (Wildman–Crippen MR) is 75.2 cm³/mol.